The van der Waals surface area contributed by atoms with Crippen LogP contribution in [0.1, 0.15) is 56.3 Å². The van der Waals surface area contributed by atoms with Gasteiger partial charge in [-0.3, -0.25) is 9.78 Å². The number of hydrogen-bond acceptors (Lipinski definition) is 8. The Balaban J connectivity index is 1.49. The van der Waals surface area contributed by atoms with Gasteiger partial charge >= 0.3 is 6.09 Å². The molecule has 174 valence electrons. The van der Waals surface area contributed by atoms with Crippen LogP contribution in [0.15, 0.2) is 35.8 Å². The van der Waals surface area contributed by atoms with E-state index >= 15 is 0 Å². The number of carbonyl (C=O) groups is 2. The van der Waals surface area contributed by atoms with E-state index in [1.165, 1.54) is 11.3 Å². The molecule has 4 rings (SSSR count). The van der Waals surface area contributed by atoms with Crippen LogP contribution in [0.3, 0.4) is 0 Å². The third-order valence-corrected chi connectivity index (χ3v) is 6.09. The Labute approximate surface area is 196 Å². The van der Waals surface area contributed by atoms with E-state index in [0.29, 0.717) is 31.2 Å². The molecule has 1 aliphatic heterocycles. The van der Waals surface area contributed by atoms with Crippen LogP contribution in [-0.4, -0.2) is 56.6 Å². The number of aromatic nitrogens is 3. The minimum Gasteiger partial charge on any atom is -0.444 e. The van der Waals surface area contributed by atoms with Crippen molar-refractivity contribution in [3.8, 4) is 0 Å². The van der Waals surface area contributed by atoms with Crippen molar-refractivity contribution in [1.29, 1.82) is 0 Å². The molecule has 4 heterocycles. The lowest BCUT2D eigenvalue weighted by Gasteiger charge is -2.22. The van der Waals surface area contributed by atoms with E-state index in [9.17, 15) is 9.59 Å². The number of pyridine rings is 1. The Morgan fingerprint density at radius 3 is 2.79 bits per heavy atom. The second-order valence-electron chi connectivity index (χ2n) is 9.03. The van der Waals surface area contributed by atoms with Gasteiger partial charge in [0.1, 0.15) is 5.60 Å². The van der Waals surface area contributed by atoms with E-state index in [4.69, 9.17) is 4.74 Å². The number of thiophene rings is 1. The Hall–Kier alpha value is -3.27. The molecule has 33 heavy (non-hydrogen) atoms. The first-order chi connectivity index (χ1) is 15.7. The topological polar surface area (TPSA) is 109 Å². The van der Waals surface area contributed by atoms with E-state index in [-0.39, 0.29) is 18.0 Å². The van der Waals surface area contributed by atoms with Crippen LogP contribution in [0.2, 0.25) is 0 Å². The van der Waals surface area contributed by atoms with Crippen molar-refractivity contribution in [1.82, 2.24) is 25.2 Å². The number of anilines is 1. The van der Waals surface area contributed by atoms with Crippen LogP contribution in [0.5, 0.6) is 0 Å². The summed E-state index contributed by atoms with van der Waals surface area (Å²) in [4.78, 5) is 40.7. The molecule has 1 saturated heterocycles. The molecule has 10 heteroatoms. The normalized spacial score (nSPS) is 17.1. The lowest BCUT2D eigenvalue weighted by atomic mass is 10.2. The van der Waals surface area contributed by atoms with Gasteiger partial charge < -0.3 is 20.3 Å². The summed E-state index contributed by atoms with van der Waals surface area (Å²) in [7, 11) is 0. The minimum atomic E-state index is -0.570. The SMILES string of the molecule is CC(Nc1nc(C(=O)N2CCC(NC(=O)OC(C)(C)C)C2)c2sccc2n1)c1ccccn1. The van der Waals surface area contributed by atoms with E-state index in [2.05, 4.69) is 25.6 Å². The maximum Gasteiger partial charge on any atom is 0.407 e. The highest BCUT2D eigenvalue weighted by Gasteiger charge is 2.31. The Morgan fingerprint density at radius 2 is 2.06 bits per heavy atom. The van der Waals surface area contributed by atoms with Gasteiger partial charge in [0.2, 0.25) is 5.95 Å². The molecule has 0 aliphatic carbocycles. The Kier molecular flexibility index (Phi) is 6.46. The van der Waals surface area contributed by atoms with E-state index in [0.717, 1.165) is 15.9 Å². The second-order valence-corrected chi connectivity index (χ2v) is 9.95. The summed E-state index contributed by atoms with van der Waals surface area (Å²) in [6.45, 7) is 8.36. The highest BCUT2D eigenvalue weighted by atomic mass is 32.1. The smallest absolute Gasteiger partial charge is 0.407 e. The highest BCUT2D eigenvalue weighted by molar-refractivity contribution is 7.17. The molecule has 0 spiro atoms. The predicted molar refractivity (Wildman–Crippen MR) is 127 cm³/mol. The molecule has 2 atom stereocenters. The first-order valence-corrected chi connectivity index (χ1v) is 11.8. The molecule has 1 aliphatic rings. The minimum absolute atomic E-state index is 0.126. The van der Waals surface area contributed by atoms with Crippen molar-refractivity contribution in [3.63, 3.8) is 0 Å². The van der Waals surface area contributed by atoms with E-state index in [1.807, 2.05) is 57.3 Å². The average Bonchev–Trinajstić information content (AvgIpc) is 3.41. The van der Waals surface area contributed by atoms with Crippen molar-refractivity contribution in [2.75, 3.05) is 18.4 Å². The first-order valence-electron chi connectivity index (χ1n) is 10.9. The van der Waals surface area contributed by atoms with Crippen molar-refractivity contribution in [3.05, 3.63) is 47.2 Å². The standard InChI is InChI=1S/C23H28N6O3S/c1-14(16-7-5-6-10-24-16)25-21-27-17-9-12-33-19(17)18(28-21)20(30)29-11-8-15(13-29)26-22(31)32-23(2,3)4/h5-7,9-10,12,14-15H,8,11,13H2,1-4H3,(H,26,31)(H,25,27,28). The fraction of sp³-hybridized carbons (Fsp3) is 0.435. The summed E-state index contributed by atoms with van der Waals surface area (Å²) in [6.07, 6.45) is 1.92. The molecular weight excluding hydrogens is 440 g/mol. The summed E-state index contributed by atoms with van der Waals surface area (Å²) in [6, 6.07) is 7.31. The van der Waals surface area contributed by atoms with Crippen molar-refractivity contribution >= 4 is 39.5 Å². The molecular formula is C23H28N6O3S. The van der Waals surface area contributed by atoms with Gasteiger partial charge in [0.25, 0.3) is 5.91 Å². The van der Waals surface area contributed by atoms with Gasteiger partial charge in [-0.05, 0) is 57.7 Å². The fourth-order valence-electron chi connectivity index (χ4n) is 3.66. The van der Waals surface area contributed by atoms with Crippen molar-refractivity contribution in [2.24, 2.45) is 0 Å². The maximum atomic E-state index is 13.4. The largest absolute Gasteiger partial charge is 0.444 e. The number of ether oxygens (including phenoxy) is 1. The van der Waals surface area contributed by atoms with Gasteiger partial charge in [0, 0.05) is 19.3 Å². The van der Waals surface area contributed by atoms with Crippen molar-refractivity contribution in [2.45, 2.75) is 51.8 Å². The van der Waals surface area contributed by atoms with Gasteiger partial charge in [-0.1, -0.05) is 6.07 Å². The lowest BCUT2D eigenvalue weighted by Crippen LogP contribution is -2.41. The maximum absolute atomic E-state index is 13.4. The molecule has 0 saturated carbocycles. The van der Waals surface area contributed by atoms with Crippen LogP contribution in [0.4, 0.5) is 10.7 Å². The second kappa shape index (κ2) is 9.30. The predicted octanol–water partition coefficient (Wildman–Crippen LogP) is 4.00. The molecule has 0 aromatic carbocycles. The number of rotatable bonds is 5. The summed E-state index contributed by atoms with van der Waals surface area (Å²) in [5.74, 6) is 0.205. The molecule has 9 nitrogen and oxygen atoms in total. The summed E-state index contributed by atoms with van der Waals surface area (Å²) < 4.78 is 6.08. The summed E-state index contributed by atoms with van der Waals surface area (Å²) >= 11 is 1.44. The molecule has 1 fully saturated rings. The van der Waals surface area contributed by atoms with Crippen molar-refractivity contribution < 1.29 is 14.3 Å². The zero-order valence-corrected chi connectivity index (χ0v) is 20.0. The van der Waals surface area contributed by atoms with Crippen LogP contribution in [0, 0.1) is 0 Å². The molecule has 0 radical (unpaired) electrons. The number of carbonyl (C=O) groups excluding carboxylic acids is 2. The molecule has 2 unspecified atom stereocenters. The van der Waals surface area contributed by atoms with Gasteiger partial charge in [-0.15, -0.1) is 11.3 Å². The molecule has 0 bridgehead atoms. The zero-order chi connectivity index (χ0) is 23.6. The summed E-state index contributed by atoms with van der Waals surface area (Å²) in [5, 5.41) is 8.01. The lowest BCUT2D eigenvalue weighted by molar-refractivity contribution is 0.0502. The number of alkyl carbamates (subject to hydrolysis) is 1. The monoisotopic (exact) mass is 468 g/mol. The number of nitrogens with zero attached hydrogens (tertiary/aromatic N) is 4. The zero-order valence-electron chi connectivity index (χ0n) is 19.2. The van der Waals surface area contributed by atoms with Gasteiger partial charge in [0.05, 0.1) is 28.0 Å². The van der Waals surface area contributed by atoms with Crippen LogP contribution in [0.25, 0.3) is 10.2 Å². The Morgan fingerprint density at radius 1 is 1.24 bits per heavy atom. The molecule has 3 aromatic rings. The number of likely N-dealkylation sites (tertiary alicyclic amines) is 1. The number of nitrogens with one attached hydrogen (secondary N) is 2. The number of amides is 2. The van der Waals surface area contributed by atoms with E-state index < -0.39 is 11.7 Å². The number of hydrogen-bond donors (Lipinski definition) is 2. The van der Waals surface area contributed by atoms with Gasteiger partial charge in [-0.2, -0.15) is 0 Å². The highest BCUT2D eigenvalue weighted by Crippen LogP contribution is 2.27. The average molecular weight is 469 g/mol. The van der Waals surface area contributed by atoms with Crippen LogP contribution >= 0.6 is 11.3 Å². The first kappa shape index (κ1) is 22.9. The van der Waals surface area contributed by atoms with Gasteiger partial charge in [0.15, 0.2) is 5.69 Å². The fourth-order valence-corrected chi connectivity index (χ4v) is 4.47. The van der Waals surface area contributed by atoms with Crippen LogP contribution < -0.4 is 10.6 Å². The molecule has 2 N–H and O–H groups in total. The van der Waals surface area contributed by atoms with Gasteiger partial charge in [-0.25, -0.2) is 14.8 Å². The Bertz CT molecular complexity index is 1140. The van der Waals surface area contributed by atoms with E-state index in [1.54, 1.807) is 11.1 Å². The van der Waals surface area contributed by atoms with Crippen LogP contribution in [-0.2, 0) is 4.74 Å². The quantitative estimate of drug-likeness (QED) is 0.582. The molecule has 3 aromatic heterocycles. The molecule has 2 amide bonds. The third kappa shape index (κ3) is 5.57. The third-order valence-electron chi connectivity index (χ3n) is 5.18. The number of fused-ring (bicyclic) bond motifs is 1. The summed E-state index contributed by atoms with van der Waals surface area (Å²) in [5.41, 5.74) is 1.37.